The molecule has 0 spiro atoms. The Kier molecular flexibility index (Phi) is 19.0. The average molecular weight is 650 g/mol. The quantitative estimate of drug-likeness (QED) is 0.0672. The van der Waals surface area contributed by atoms with Gasteiger partial charge in [-0.2, -0.15) is 0 Å². The topological polar surface area (TPSA) is 18.5 Å². The molecule has 3 aromatic carbocycles. The fourth-order valence-corrected chi connectivity index (χ4v) is 5.97. The van der Waals surface area contributed by atoms with Crippen molar-refractivity contribution in [3.63, 3.8) is 0 Å². The molecule has 0 unspecified atom stereocenters. The largest absolute Gasteiger partial charge is 0.494 e. The minimum absolute atomic E-state index is 0.801. The zero-order chi connectivity index (χ0) is 30.2. The number of benzene rings is 3. The van der Waals surface area contributed by atoms with Crippen molar-refractivity contribution in [1.82, 2.24) is 0 Å². The van der Waals surface area contributed by atoms with E-state index in [-0.39, 0.29) is 0 Å². The van der Waals surface area contributed by atoms with Crippen LogP contribution in [-0.2, 0) is 0 Å². The third-order valence-electron chi connectivity index (χ3n) is 8.32. The summed E-state index contributed by atoms with van der Waals surface area (Å²) in [5.74, 6) is 1.93. The number of ether oxygens (including phenoxy) is 2. The average Bonchev–Trinajstić information content (AvgIpc) is 3.05. The van der Waals surface area contributed by atoms with Crippen molar-refractivity contribution in [3.8, 4) is 33.8 Å². The summed E-state index contributed by atoms with van der Waals surface area (Å²) in [5.41, 5.74) is 4.88. The monoisotopic (exact) mass is 648 g/mol. The van der Waals surface area contributed by atoms with E-state index < -0.39 is 0 Å². The number of unbranched alkanes of at least 4 members (excludes halogenated alkanes) is 16. The number of hydrogen-bond acceptors (Lipinski definition) is 2. The second-order valence-corrected chi connectivity index (χ2v) is 12.8. The Labute approximate surface area is 272 Å². The predicted octanol–water partition coefficient (Wildman–Crippen LogP) is 13.2. The lowest BCUT2D eigenvalue weighted by Gasteiger charge is -2.09. The van der Waals surface area contributed by atoms with E-state index in [1.54, 1.807) is 0 Å². The fraction of sp³-hybridized carbons (Fsp3) is 0.550. The van der Waals surface area contributed by atoms with E-state index in [0.717, 1.165) is 42.9 Å². The molecule has 0 aliphatic carbocycles. The molecule has 3 aromatic rings. The van der Waals surface area contributed by atoms with Gasteiger partial charge in [0, 0.05) is 5.33 Å². The van der Waals surface area contributed by atoms with Crippen molar-refractivity contribution in [2.75, 3.05) is 18.5 Å². The summed E-state index contributed by atoms with van der Waals surface area (Å²) < 4.78 is 12.0. The molecule has 0 aliphatic heterocycles. The van der Waals surface area contributed by atoms with Crippen molar-refractivity contribution < 1.29 is 9.47 Å². The van der Waals surface area contributed by atoms with Gasteiger partial charge in [-0.1, -0.05) is 168 Å². The summed E-state index contributed by atoms with van der Waals surface area (Å²) in [6.45, 7) is 3.90. The molecular formula is C40H57BrO2. The van der Waals surface area contributed by atoms with Gasteiger partial charge in [0.1, 0.15) is 11.5 Å². The fourth-order valence-electron chi connectivity index (χ4n) is 5.57. The Balaban J connectivity index is 1.28. The Bertz CT molecular complexity index is 1060. The van der Waals surface area contributed by atoms with E-state index in [1.165, 1.54) is 125 Å². The van der Waals surface area contributed by atoms with Crippen molar-refractivity contribution in [2.24, 2.45) is 0 Å². The van der Waals surface area contributed by atoms with Gasteiger partial charge in [0.05, 0.1) is 13.2 Å². The summed E-state index contributed by atoms with van der Waals surface area (Å²) in [6.07, 6.45) is 24.1. The Morgan fingerprint density at radius 2 is 0.651 bits per heavy atom. The molecule has 43 heavy (non-hydrogen) atoms. The number of alkyl halides is 1. The Morgan fingerprint density at radius 3 is 0.977 bits per heavy atom. The van der Waals surface area contributed by atoms with Crippen LogP contribution in [0.5, 0.6) is 11.5 Å². The molecule has 0 saturated heterocycles. The predicted molar refractivity (Wildman–Crippen MR) is 191 cm³/mol. The molecule has 236 valence electrons. The first kappa shape index (κ1) is 35.2. The van der Waals surface area contributed by atoms with Crippen LogP contribution in [0.2, 0.25) is 0 Å². The standard InChI is InChI=1S/C40H57BrO2/c1-2-3-4-5-6-7-8-9-10-12-15-18-33-42-39-28-24-37(25-29-39)35-20-22-36(23-21-35)38-26-30-40(31-27-38)43-34-19-16-13-11-14-17-32-41/h20-31H,2-19,32-34H2,1H3. The van der Waals surface area contributed by atoms with E-state index in [1.807, 2.05) is 0 Å². The molecule has 2 nitrogen and oxygen atoms in total. The third kappa shape index (κ3) is 15.3. The first-order valence-electron chi connectivity index (χ1n) is 17.4. The summed E-state index contributed by atoms with van der Waals surface area (Å²) in [6, 6.07) is 25.9. The van der Waals surface area contributed by atoms with E-state index >= 15 is 0 Å². The number of halogens is 1. The Hall–Kier alpha value is -2.26. The maximum atomic E-state index is 6.02. The smallest absolute Gasteiger partial charge is 0.119 e. The van der Waals surface area contributed by atoms with Crippen molar-refractivity contribution >= 4 is 15.9 Å². The normalized spacial score (nSPS) is 11.1. The van der Waals surface area contributed by atoms with E-state index in [4.69, 9.17) is 9.47 Å². The lowest BCUT2D eigenvalue weighted by Crippen LogP contribution is -1.97. The molecule has 0 N–H and O–H groups in total. The Morgan fingerprint density at radius 1 is 0.372 bits per heavy atom. The third-order valence-corrected chi connectivity index (χ3v) is 8.88. The molecular weight excluding hydrogens is 592 g/mol. The molecule has 0 radical (unpaired) electrons. The van der Waals surface area contributed by atoms with Gasteiger partial charge in [0.2, 0.25) is 0 Å². The maximum Gasteiger partial charge on any atom is 0.119 e. The van der Waals surface area contributed by atoms with E-state index in [0.29, 0.717) is 0 Å². The van der Waals surface area contributed by atoms with Gasteiger partial charge in [0.15, 0.2) is 0 Å². The molecule has 0 heterocycles. The molecule has 0 saturated carbocycles. The van der Waals surface area contributed by atoms with Crippen molar-refractivity contribution in [1.29, 1.82) is 0 Å². The zero-order valence-corrected chi connectivity index (χ0v) is 28.6. The van der Waals surface area contributed by atoms with Gasteiger partial charge in [-0.05, 0) is 65.8 Å². The van der Waals surface area contributed by atoms with Crippen LogP contribution in [0.15, 0.2) is 72.8 Å². The van der Waals surface area contributed by atoms with Crippen LogP contribution >= 0.6 is 15.9 Å². The van der Waals surface area contributed by atoms with Gasteiger partial charge in [-0.25, -0.2) is 0 Å². The number of hydrogen-bond donors (Lipinski definition) is 0. The highest BCUT2D eigenvalue weighted by Gasteiger charge is 2.03. The molecule has 0 fully saturated rings. The molecule has 0 amide bonds. The van der Waals surface area contributed by atoms with Crippen molar-refractivity contribution in [3.05, 3.63) is 72.8 Å². The molecule has 0 atom stereocenters. The van der Waals surface area contributed by atoms with E-state index in [9.17, 15) is 0 Å². The van der Waals surface area contributed by atoms with E-state index in [2.05, 4.69) is 95.7 Å². The second-order valence-electron chi connectivity index (χ2n) is 12.0. The SMILES string of the molecule is CCCCCCCCCCCCCCOc1ccc(-c2ccc(-c3ccc(OCCCCCCCCBr)cc3)cc2)cc1. The van der Waals surface area contributed by atoms with Crippen LogP contribution in [0.1, 0.15) is 122 Å². The zero-order valence-electron chi connectivity index (χ0n) is 27.0. The molecule has 3 rings (SSSR count). The van der Waals surface area contributed by atoms with Crippen LogP contribution in [0.3, 0.4) is 0 Å². The summed E-state index contributed by atoms with van der Waals surface area (Å²) >= 11 is 3.50. The highest BCUT2D eigenvalue weighted by Crippen LogP contribution is 2.28. The highest BCUT2D eigenvalue weighted by molar-refractivity contribution is 9.09. The minimum Gasteiger partial charge on any atom is -0.494 e. The lowest BCUT2D eigenvalue weighted by molar-refractivity contribution is 0.304. The van der Waals surface area contributed by atoms with Crippen LogP contribution in [0, 0.1) is 0 Å². The minimum atomic E-state index is 0.801. The molecule has 0 aromatic heterocycles. The highest BCUT2D eigenvalue weighted by atomic mass is 79.9. The summed E-state index contributed by atoms with van der Waals surface area (Å²) in [4.78, 5) is 0. The summed E-state index contributed by atoms with van der Waals surface area (Å²) in [7, 11) is 0. The van der Waals surface area contributed by atoms with Gasteiger partial charge < -0.3 is 9.47 Å². The first-order chi connectivity index (χ1) is 21.3. The molecule has 0 aliphatic rings. The molecule has 0 bridgehead atoms. The van der Waals surface area contributed by atoms with Gasteiger partial charge in [-0.15, -0.1) is 0 Å². The van der Waals surface area contributed by atoms with Gasteiger partial charge in [-0.3, -0.25) is 0 Å². The molecule has 3 heteroatoms. The van der Waals surface area contributed by atoms with Crippen LogP contribution in [0.4, 0.5) is 0 Å². The van der Waals surface area contributed by atoms with Gasteiger partial charge in [0.25, 0.3) is 0 Å². The van der Waals surface area contributed by atoms with Gasteiger partial charge >= 0.3 is 0 Å². The maximum absolute atomic E-state index is 6.02. The van der Waals surface area contributed by atoms with Crippen molar-refractivity contribution in [2.45, 2.75) is 122 Å². The summed E-state index contributed by atoms with van der Waals surface area (Å²) in [5, 5.41) is 1.12. The van der Waals surface area contributed by atoms with Crippen LogP contribution in [-0.4, -0.2) is 18.5 Å². The lowest BCUT2D eigenvalue weighted by atomic mass is 10.0. The number of rotatable bonds is 25. The second kappa shape index (κ2) is 23.2. The first-order valence-corrected chi connectivity index (χ1v) is 18.5. The van der Waals surface area contributed by atoms with Crippen LogP contribution in [0.25, 0.3) is 22.3 Å². The van der Waals surface area contributed by atoms with Crippen LogP contribution < -0.4 is 9.47 Å².